The van der Waals surface area contributed by atoms with E-state index in [1.807, 2.05) is 36.5 Å². The smallest absolute Gasteiger partial charge is 0.0955 e. The molecular formula is C28H30IrNO2S-. The SMILES string of the molecule is C/C(O)=C(\c1ccccc1)C(C)O.CC(C)(C)c1c[c-]c(-c2nccc3sccc23)cc1.[Ir]. The molecule has 1 unspecified atom stereocenters. The summed E-state index contributed by atoms with van der Waals surface area (Å²) in [4.78, 5) is 4.52. The first kappa shape index (κ1) is 26.9. The van der Waals surface area contributed by atoms with Crippen LogP contribution in [-0.2, 0) is 25.5 Å². The van der Waals surface area contributed by atoms with E-state index in [0.717, 1.165) is 16.8 Å². The molecule has 0 aliphatic rings. The van der Waals surface area contributed by atoms with Gasteiger partial charge in [0.25, 0.3) is 0 Å². The van der Waals surface area contributed by atoms with Crippen LogP contribution in [0.25, 0.3) is 26.9 Å². The molecule has 2 aromatic carbocycles. The van der Waals surface area contributed by atoms with Gasteiger partial charge in [0, 0.05) is 36.6 Å². The van der Waals surface area contributed by atoms with Crippen LogP contribution in [0.1, 0.15) is 45.7 Å². The Morgan fingerprint density at radius 3 is 2.27 bits per heavy atom. The minimum atomic E-state index is -0.646. The molecule has 2 aromatic heterocycles. The van der Waals surface area contributed by atoms with Crippen molar-refractivity contribution in [3.05, 3.63) is 95.2 Å². The van der Waals surface area contributed by atoms with E-state index in [0.29, 0.717) is 5.57 Å². The normalized spacial score (nSPS) is 12.8. The number of aromatic nitrogens is 1. The second-order valence-corrected chi connectivity index (χ2v) is 9.72. The van der Waals surface area contributed by atoms with Crippen LogP contribution < -0.4 is 0 Å². The van der Waals surface area contributed by atoms with Crippen molar-refractivity contribution in [2.24, 2.45) is 0 Å². The third kappa shape index (κ3) is 6.84. The van der Waals surface area contributed by atoms with Gasteiger partial charge in [-0.2, -0.15) is 0 Å². The quantitative estimate of drug-likeness (QED) is 0.182. The number of aliphatic hydroxyl groups excluding tert-OH is 2. The minimum Gasteiger partial charge on any atom is -0.512 e. The van der Waals surface area contributed by atoms with Crippen LogP contribution in [0.4, 0.5) is 0 Å². The molecule has 4 aromatic rings. The van der Waals surface area contributed by atoms with Gasteiger partial charge in [0.15, 0.2) is 0 Å². The van der Waals surface area contributed by atoms with Gasteiger partial charge in [0.05, 0.1) is 11.9 Å². The molecule has 175 valence electrons. The van der Waals surface area contributed by atoms with Crippen molar-refractivity contribution in [2.75, 3.05) is 0 Å². The van der Waals surface area contributed by atoms with E-state index in [2.05, 4.69) is 67.5 Å². The molecule has 0 bridgehead atoms. The summed E-state index contributed by atoms with van der Waals surface area (Å²) < 4.78 is 1.28. The maximum Gasteiger partial charge on any atom is 0.0955 e. The van der Waals surface area contributed by atoms with Gasteiger partial charge < -0.3 is 15.2 Å². The average molecular weight is 637 g/mol. The maximum atomic E-state index is 9.42. The zero-order valence-corrected chi connectivity index (χ0v) is 22.8. The fourth-order valence-electron chi connectivity index (χ4n) is 3.52. The van der Waals surface area contributed by atoms with Crippen LogP contribution in [0.5, 0.6) is 0 Å². The minimum absolute atomic E-state index is 0. The third-order valence-corrected chi connectivity index (χ3v) is 6.09. The largest absolute Gasteiger partial charge is 0.512 e. The van der Waals surface area contributed by atoms with Gasteiger partial charge >= 0.3 is 0 Å². The summed E-state index contributed by atoms with van der Waals surface area (Å²) in [7, 11) is 0. The first-order chi connectivity index (χ1) is 15.2. The molecule has 4 rings (SSSR count). The van der Waals surface area contributed by atoms with E-state index < -0.39 is 6.10 Å². The van der Waals surface area contributed by atoms with E-state index in [1.165, 1.54) is 15.6 Å². The zero-order valence-electron chi connectivity index (χ0n) is 19.6. The molecule has 0 saturated heterocycles. The van der Waals surface area contributed by atoms with Gasteiger partial charge in [-0.05, 0) is 47.4 Å². The Bertz CT molecular complexity index is 1190. The molecule has 2 N–H and O–H groups in total. The number of hydrogen-bond acceptors (Lipinski definition) is 4. The van der Waals surface area contributed by atoms with E-state index in [1.54, 1.807) is 25.2 Å². The van der Waals surface area contributed by atoms with Crippen molar-refractivity contribution in [2.45, 2.75) is 46.1 Å². The van der Waals surface area contributed by atoms with Crippen LogP contribution in [0.15, 0.2) is 78.0 Å². The molecule has 0 aliphatic heterocycles. The predicted octanol–water partition coefficient (Wildman–Crippen LogP) is 7.41. The van der Waals surface area contributed by atoms with E-state index >= 15 is 0 Å². The molecule has 0 spiro atoms. The number of aliphatic hydroxyl groups is 2. The molecule has 2 heterocycles. The summed E-state index contributed by atoms with van der Waals surface area (Å²) in [5.41, 5.74) is 5.00. The fraction of sp³-hybridized carbons (Fsp3) is 0.250. The molecule has 0 aliphatic carbocycles. The molecule has 0 fully saturated rings. The summed E-state index contributed by atoms with van der Waals surface area (Å²) in [6, 6.07) is 23.3. The third-order valence-electron chi connectivity index (χ3n) is 5.21. The van der Waals surface area contributed by atoms with Crippen LogP contribution in [0.3, 0.4) is 0 Å². The van der Waals surface area contributed by atoms with E-state index in [4.69, 9.17) is 0 Å². The average Bonchev–Trinajstić information content (AvgIpc) is 3.23. The number of benzene rings is 2. The summed E-state index contributed by atoms with van der Waals surface area (Å²) in [5.74, 6) is 0.168. The summed E-state index contributed by atoms with van der Waals surface area (Å²) >= 11 is 1.75. The van der Waals surface area contributed by atoms with Crippen molar-refractivity contribution in [1.29, 1.82) is 0 Å². The predicted molar refractivity (Wildman–Crippen MR) is 136 cm³/mol. The van der Waals surface area contributed by atoms with Crippen molar-refractivity contribution >= 4 is 27.0 Å². The number of rotatable bonds is 3. The number of pyridine rings is 1. The number of allylic oxidation sites excluding steroid dienone is 1. The standard InChI is InChI=1S/C17H16NS.C11H14O2.Ir/c1-17(2,3)13-6-4-12(5-7-13)16-14-9-11-19-15(14)8-10-18-16;1-8(12)11(9(2)13)10-6-4-3-5-7-10;/h4,6-11H,1-3H3;3-8,12-13H,1-2H3;/q-1;;/b;11-9+;. The molecule has 33 heavy (non-hydrogen) atoms. The number of hydrogen-bond donors (Lipinski definition) is 2. The second kappa shape index (κ2) is 11.7. The van der Waals surface area contributed by atoms with Gasteiger partial charge in [-0.15, -0.1) is 46.7 Å². The van der Waals surface area contributed by atoms with Crippen LogP contribution in [-0.4, -0.2) is 21.3 Å². The van der Waals surface area contributed by atoms with Crippen molar-refractivity contribution in [1.82, 2.24) is 4.98 Å². The van der Waals surface area contributed by atoms with Crippen LogP contribution >= 0.6 is 11.3 Å². The number of thiophene rings is 1. The summed E-state index contributed by atoms with van der Waals surface area (Å²) in [6.45, 7) is 9.87. The van der Waals surface area contributed by atoms with Gasteiger partial charge in [-0.25, -0.2) is 0 Å². The molecule has 5 heteroatoms. The summed E-state index contributed by atoms with van der Waals surface area (Å²) in [6.07, 6.45) is 1.23. The zero-order chi connectivity index (χ0) is 23.3. The Labute approximate surface area is 214 Å². The van der Waals surface area contributed by atoms with Crippen molar-refractivity contribution < 1.29 is 30.3 Å². The first-order valence-electron chi connectivity index (χ1n) is 10.7. The van der Waals surface area contributed by atoms with E-state index in [-0.39, 0.29) is 31.3 Å². The Kier molecular flexibility index (Phi) is 9.56. The number of nitrogens with zero attached hydrogens (tertiary/aromatic N) is 1. The van der Waals surface area contributed by atoms with Crippen molar-refractivity contribution in [3.63, 3.8) is 0 Å². The van der Waals surface area contributed by atoms with Crippen LogP contribution in [0, 0.1) is 6.07 Å². The Balaban J connectivity index is 0.000000244. The second-order valence-electron chi connectivity index (χ2n) is 8.77. The van der Waals surface area contributed by atoms with Gasteiger partial charge in [0.1, 0.15) is 0 Å². The summed E-state index contributed by atoms with van der Waals surface area (Å²) in [5, 5.41) is 22.1. The Morgan fingerprint density at radius 1 is 1.03 bits per heavy atom. The van der Waals surface area contributed by atoms with Gasteiger partial charge in [0.2, 0.25) is 0 Å². The molecule has 1 atom stereocenters. The topological polar surface area (TPSA) is 53.4 Å². The van der Waals surface area contributed by atoms with Crippen LogP contribution in [0.2, 0.25) is 0 Å². The Morgan fingerprint density at radius 2 is 1.73 bits per heavy atom. The molecule has 0 amide bonds. The Hall–Kier alpha value is -2.30. The molecule has 0 saturated carbocycles. The van der Waals surface area contributed by atoms with E-state index in [9.17, 15) is 10.2 Å². The monoisotopic (exact) mass is 637 g/mol. The van der Waals surface area contributed by atoms with Gasteiger partial charge in [-0.3, -0.25) is 0 Å². The molecule has 3 nitrogen and oxygen atoms in total. The fourth-order valence-corrected chi connectivity index (χ4v) is 4.30. The van der Waals surface area contributed by atoms with Gasteiger partial charge in [-0.1, -0.05) is 57.2 Å². The molecule has 1 radical (unpaired) electrons. The van der Waals surface area contributed by atoms with Crippen molar-refractivity contribution in [3.8, 4) is 11.3 Å². The number of fused-ring (bicyclic) bond motifs is 1. The first-order valence-corrected chi connectivity index (χ1v) is 11.5. The maximum absolute atomic E-state index is 9.42. The molecular weight excluding hydrogens is 607 g/mol.